The van der Waals surface area contributed by atoms with E-state index >= 15 is 0 Å². The first-order valence-electron chi connectivity index (χ1n) is 6.28. The maximum Gasteiger partial charge on any atom is 0.250 e. The molecule has 1 heterocycles. The van der Waals surface area contributed by atoms with Crippen molar-refractivity contribution >= 4 is 5.69 Å². The molecule has 0 amide bonds. The molecule has 2 rings (SSSR count). The molecule has 2 aromatic rings. The monoisotopic (exact) mass is 242 g/mol. The Kier molecular flexibility index (Phi) is 4.18. The van der Waals surface area contributed by atoms with Crippen molar-refractivity contribution in [3.05, 3.63) is 64.6 Å². The van der Waals surface area contributed by atoms with Crippen LogP contribution in [0.5, 0.6) is 0 Å². The molecule has 94 valence electrons. The molecule has 0 spiro atoms. The largest absolute Gasteiger partial charge is 0.380 e. The predicted molar refractivity (Wildman–Crippen MR) is 74.8 cm³/mol. The van der Waals surface area contributed by atoms with Gasteiger partial charge in [0.2, 0.25) is 0 Å². The van der Waals surface area contributed by atoms with Crippen molar-refractivity contribution in [1.82, 2.24) is 4.57 Å². The number of nitrogens with one attached hydrogen (secondary N) is 1. The molecule has 18 heavy (non-hydrogen) atoms. The summed E-state index contributed by atoms with van der Waals surface area (Å²) in [5, 5.41) is 3.33. The van der Waals surface area contributed by atoms with Crippen molar-refractivity contribution in [2.75, 3.05) is 5.32 Å². The molecular weight excluding hydrogens is 224 g/mol. The summed E-state index contributed by atoms with van der Waals surface area (Å²) in [6.45, 7) is 3.60. The van der Waals surface area contributed by atoms with Crippen LogP contribution >= 0.6 is 0 Å². The molecule has 0 radical (unpaired) electrons. The van der Waals surface area contributed by atoms with E-state index in [9.17, 15) is 4.79 Å². The quantitative estimate of drug-likeness (QED) is 0.874. The molecule has 1 aromatic heterocycles. The second-order valence-electron chi connectivity index (χ2n) is 4.29. The van der Waals surface area contributed by atoms with Gasteiger partial charge in [0.05, 0.1) is 5.69 Å². The first-order valence-corrected chi connectivity index (χ1v) is 6.28. The Labute approximate surface area is 107 Å². The Balaban J connectivity index is 2.06. The molecule has 1 aromatic carbocycles. The topological polar surface area (TPSA) is 34.0 Å². The van der Waals surface area contributed by atoms with Gasteiger partial charge in [-0.1, -0.05) is 37.3 Å². The summed E-state index contributed by atoms with van der Waals surface area (Å²) >= 11 is 0. The molecule has 0 unspecified atom stereocenters. The number of hydrogen-bond donors (Lipinski definition) is 1. The van der Waals surface area contributed by atoms with Crippen LogP contribution in [0.1, 0.15) is 18.9 Å². The summed E-state index contributed by atoms with van der Waals surface area (Å²) in [6, 6.07) is 13.7. The Bertz CT molecular complexity index is 546. The maximum absolute atomic E-state index is 11.6. The van der Waals surface area contributed by atoms with Gasteiger partial charge in [0.25, 0.3) is 5.56 Å². The first-order chi connectivity index (χ1) is 8.79. The van der Waals surface area contributed by atoms with Crippen LogP contribution in [0, 0.1) is 0 Å². The molecule has 0 aliphatic carbocycles. The Morgan fingerprint density at radius 1 is 1.11 bits per heavy atom. The lowest BCUT2D eigenvalue weighted by Crippen LogP contribution is -2.18. The van der Waals surface area contributed by atoms with E-state index in [1.807, 2.05) is 30.5 Å². The third kappa shape index (κ3) is 3.23. The second kappa shape index (κ2) is 6.05. The summed E-state index contributed by atoms with van der Waals surface area (Å²) in [4.78, 5) is 11.6. The Morgan fingerprint density at radius 2 is 1.89 bits per heavy atom. The number of nitrogens with zero attached hydrogens (tertiary/aromatic N) is 1. The maximum atomic E-state index is 11.6. The van der Waals surface area contributed by atoms with E-state index in [4.69, 9.17) is 0 Å². The van der Waals surface area contributed by atoms with Gasteiger partial charge >= 0.3 is 0 Å². The third-order valence-electron chi connectivity index (χ3n) is 2.79. The van der Waals surface area contributed by atoms with Crippen LogP contribution in [0.2, 0.25) is 0 Å². The van der Waals surface area contributed by atoms with Gasteiger partial charge < -0.3 is 9.88 Å². The number of aryl methyl sites for hydroxylation is 1. The van der Waals surface area contributed by atoms with Crippen molar-refractivity contribution in [3.8, 4) is 0 Å². The molecule has 0 saturated heterocycles. The molecule has 0 saturated carbocycles. The van der Waals surface area contributed by atoms with E-state index in [2.05, 4.69) is 24.4 Å². The molecule has 0 fully saturated rings. The van der Waals surface area contributed by atoms with Gasteiger partial charge in [-0.25, -0.2) is 0 Å². The second-order valence-corrected chi connectivity index (χ2v) is 4.29. The van der Waals surface area contributed by atoms with Gasteiger partial charge in [0, 0.05) is 25.4 Å². The van der Waals surface area contributed by atoms with Crippen LogP contribution in [0.15, 0.2) is 53.5 Å². The lowest BCUT2D eigenvalue weighted by Gasteiger charge is -2.09. The van der Waals surface area contributed by atoms with E-state index in [0.717, 1.165) is 25.2 Å². The van der Waals surface area contributed by atoms with Gasteiger partial charge in [-0.3, -0.25) is 4.79 Å². The summed E-state index contributed by atoms with van der Waals surface area (Å²) in [5.41, 5.74) is 2.26. The molecule has 0 aliphatic heterocycles. The van der Waals surface area contributed by atoms with E-state index in [0.29, 0.717) is 0 Å². The highest BCUT2D eigenvalue weighted by molar-refractivity contribution is 5.41. The minimum atomic E-state index is 0.0575. The zero-order valence-corrected chi connectivity index (χ0v) is 10.6. The highest BCUT2D eigenvalue weighted by atomic mass is 16.1. The summed E-state index contributed by atoms with van der Waals surface area (Å²) in [6.07, 6.45) is 2.84. The number of aromatic nitrogens is 1. The molecule has 3 nitrogen and oxygen atoms in total. The fourth-order valence-electron chi connectivity index (χ4n) is 1.85. The number of rotatable bonds is 5. The minimum Gasteiger partial charge on any atom is -0.380 e. The number of pyridine rings is 1. The average Bonchev–Trinajstić information content (AvgIpc) is 2.41. The zero-order valence-electron chi connectivity index (χ0n) is 10.6. The standard InChI is InChI=1S/C15H18N2O/c1-2-10-17-12-14(8-9-15(17)18)16-11-13-6-4-3-5-7-13/h3-9,12,16H,2,10-11H2,1H3. The van der Waals surface area contributed by atoms with E-state index in [1.54, 1.807) is 10.6 Å². The van der Waals surface area contributed by atoms with Gasteiger partial charge in [-0.2, -0.15) is 0 Å². The molecule has 0 atom stereocenters. The minimum absolute atomic E-state index is 0.0575. The summed E-state index contributed by atoms with van der Waals surface area (Å²) < 4.78 is 1.74. The van der Waals surface area contributed by atoms with Crippen molar-refractivity contribution < 1.29 is 0 Å². The van der Waals surface area contributed by atoms with Gasteiger partial charge in [0.15, 0.2) is 0 Å². The van der Waals surface area contributed by atoms with Crippen LogP contribution < -0.4 is 10.9 Å². The highest BCUT2D eigenvalue weighted by Gasteiger charge is 1.98. The number of benzene rings is 1. The van der Waals surface area contributed by atoms with Crippen LogP contribution in [0.4, 0.5) is 5.69 Å². The van der Waals surface area contributed by atoms with Gasteiger partial charge in [-0.15, -0.1) is 0 Å². The Hall–Kier alpha value is -2.03. The van der Waals surface area contributed by atoms with Crippen molar-refractivity contribution in [3.63, 3.8) is 0 Å². The highest BCUT2D eigenvalue weighted by Crippen LogP contribution is 2.07. The number of hydrogen-bond acceptors (Lipinski definition) is 2. The van der Waals surface area contributed by atoms with E-state index < -0.39 is 0 Å². The molecule has 0 bridgehead atoms. The lowest BCUT2D eigenvalue weighted by molar-refractivity contribution is 0.655. The molecule has 1 N–H and O–H groups in total. The lowest BCUT2D eigenvalue weighted by atomic mass is 10.2. The fraction of sp³-hybridized carbons (Fsp3) is 0.267. The van der Waals surface area contributed by atoms with Crippen LogP contribution in [0.3, 0.4) is 0 Å². The van der Waals surface area contributed by atoms with Crippen LogP contribution in [0.25, 0.3) is 0 Å². The van der Waals surface area contributed by atoms with Crippen LogP contribution in [-0.2, 0) is 13.1 Å². The van der Waals surface area contributed by atoms with E-state index in [1.165, 1.54) is 5.56 Å². The van der Waals surface area contributed by atoms with Crippen molar-refractivity contribution in [2.45, 2.75) is 26.4 Å². The number of anilines is 1. The normalized spacial score (nSPS) is 10.3. The third-order valence-corrected chi connectivity index (χ3v) is 2.79. The molecule has 0 aliphatic rings. The van der Waals surface area contributed by atoms with Gasteiger partial charge in [-0.05, 0) is 18.1 Å². The van der Waals surface area contributed by atoms with Crippen molar-refractivity contribution in [1.29, 1.82) is 0 Å². The fourth-order valence-corrected chi connectivity index (χ4v) is 1.85. The molecular formula is C15H18N2O. The van der Waals surface area contributed by atoms with E-state index in [-0.39, 0.29) is 5.56 Å². The Morgan fingerprint density at radius 3 is 2.61 bits per heavy atom. The smallest absolute Gasteiger partial charge is 0.250 e. The van der Waals surface area contributed by atoms with Gasteiger partial charge in [0.1, 0.15) is 0 Å². The predicted octanol–water partition coefficient (Wildman–Crippen LogP) is 2.87. The van der Waals surface area contributed by atoms with Crippen LogP contribution in [-0.4, -0.2) is 4.57 Å². The first kappa shape index (κ1) is 12.4. The summed E-state index contributed by atoms with van der Waals surface area (Å²) in [7, 11) is 0. The average molecular weight is 242 g/mol. The van der Waals surface area contributed by atoms with Crippen molar-refractivity contribution in [2.24, 2.45) is 0 Å². The SMILES string of the molecule is CCCn1cc(NCc2ccccc2)ccc1=O. The molecule has 3 heteroatoms. The zero-order chi connectivity index (χ0) is 12.8. The summed E-state index contributed by atoms with van der Waals surface area (Å²) in [5.74, 6) is 0.